The third kappa shape index (κ3) is 5.02. The van der Waals surface area contributed by atoms with Crippen molar-refractivity contribution in [1.82, 2.24) is 12.9 Å². The average Bonchev–Trinajstić information content (AvgIpc) is 2.76. The van der Waals surface area contributed by atoms with Crippen molar-refractivity contribution >= 4 is 43.4 Å². The maximum absolute atomic E-state index is 13.4. The summed E-state index contributed by atoms with van der Waals surface area (Å²) in [6.45, 7) is -0.116. The molecule has 1 aliphatic heterocycles. The van der Waals surface area contributed by atoms with Crippen molar-refractivity contribution < 1.29 is 21.6 Å². The monoisotopic (exact) mass is 518 g/mol. The van der Waals surface area contributed by atoms with Gasteiger partial charge in [0, 0.05) is 51.4 Å². The standard InChI is InChI=1S/C19H20Cl2N4O5S2/c1-23(2)32(28,29)25-9-7-24(8-10-25)31(26,27)19-11-14(13-22)3-6-17(19)30-18-12-15(20)4-5-16(18)21/h3-6,11-12H,7-10H2,1-2H3. The zero-order valence-electron chi connectivity index (χ0n) is 17.2. The number of rotatable bonds is 6. The van der Waals surface area contributed by atoms with E-state index in [1.54, 1.807) is 6.07 Å². The predicted octanol–water partition coefficient (Wildman–Crippen LogP) is 2.77. The molecule has 2 aromatic carbocycles. The lowest BCUT2D eigenvalue weighted by molar-refractivity contribution is 0.262. The second-order valence-electron chi connectivity index (χ2n) is 7.04. The summed E-state index contributed by atoms with van der Waals surface area (Å²) in [6, 6.07) is 10.5. The van der Waals surface area contributed by atoms with Crippen molar-refractivity contribution in [2.45, 2.75) is 4.90 Å². The number of nitrogens with zero attached hydrogens (tertiary/aromatic N) is 4. The lowest BCUT2D eigenvalue weighted by Gasteiger charge is -2.34. The van der Waals surface area contributed by atoms with Gasteiger partial charge in [-0.2, -0.15) is 26.6 Å². The molecule has 172 valence electrons. The first-order valence-corrected chi connectivity index (χ1v) is 12.9. The summed E-state index contributed by atoms with van der Waals surface area (Å²) in [5.74, 6) is 0.124. The van der Waals surface area contributed by atoms with Crippen LogP contribution in [0.25, 0.3) is 0 Å². The van der Waals surface area contributed by atoms with Gasteiger partial charge in [0.2, 0.25) is 10.0 Å². The highest BCUT2D eigenvalue weighted by atomic mass is 35.5. The molecule has 0 saturated carbocycles. The van der Waals surface area contributed by atoms with E-state index >= 15 is 0 Å². The minimum absolute atomic E-state index is 0.00596. The molecule has 1 saturated heterocycles. The van der Waals surface area contributed by atoms with E-state index in [-0.39, 0.29) is 53.2 Å². The van der Waals surface area contributed by atoms with E-state index in [0.717, 1.165) is 8.61 Å². The number of piperazine rings is 1. The Labute approximate surface area is 197 Å². The molecule has 13 heteroatoms. The van der Waals surface area contributed by atoms with Crippen LogP contribution in [0.3, 0.4) is 0 Å². The first kappa shape index (κ1) is 24.7. The van der Waals surface area contributed by atoms with Crippen LogP contribution < -0.4 is 4.74 Å². The highest BCUT2D eigenvalue weighted by Gasteiger charge is 2.35. The maximum atomic E-state index is 13.4. The van der Waals surface area contributed by atoms with Gasteiger partial charge in [0.05, 0.1) is 16.7 Å². The van der Waals surface area contributed by atoms with Gasteiger partial charge in [0.15, 0.2) is 0 Å². The number of halogens is 2. The molecule has 2 aromatic rings. The molecule has 1 fully saturated rings. The van der Waals surface area contributed by atoms with Crippen LogP contribution in [0.5, 0.6) is 11.5 Å². The van der Waals surface area contributed by atoms with E-state index in [2.05, 4.69) is 0 Å². The molecule has 32 heavy (non-hydrogen) atoms. The van der Waals surface area contributed by atoms with Crippen LogP contribution in [-0.2, 0) is 20.2 Å². The van der Waals surface area contributed by atoms with Crippen LogP contribution in [-0.4, -0.2) is 70.0 Å². The minimum Gasteiger partial charge on any atom is -0.454 e. The van der Waals surface area contributed by atoms with Gasteiger partial charge in [0.25, 0.3) is 10.2 Å². The number of ether oxygens (including phenoxy) is 1. The first-order valence-electron chi connectivity index (χ1n) is 9.31. The van der Waals surface area contributed by atoms with Crippen molar-refractivity contribution in [2.24, 2.45) is 0 Å². The molecule has 3 rings (SSSR count). The van der Waals surface area contributed by atoms with Crippen LogP contribution in [0.15, 0.2) is 41.3 Å². The second kappa shape index (κ2) is 9.52. The third-order valence-electron chi connectivity index (χ3n) is 4.79. The summed E-state index contributed by atoms with van der Waals surface area (Å²) >= 11 is 12.1. The number of sulfonamides is 1. The molecule has 1 heterocycles. The summed E-state index contributed by atoms with van der Waals surface area (Å²) < 4.78 is 60.7. The summed E-state index contributed by atoms with van der Waals surface area (Å²) in [5, 5.41) is 9.83. The fraction of sp³-hybridized carbons (Fsp3) is 0.316. The van der Waals surface area contributed by atoms with Gasteiger partial charge < -0.3 is 4.74 Å². The highest BCUT2D eigenvalue weighted by molar-refractivity contribution is 7.89. The summed E-state index contributed by atoms with van der Waals surface area (Å²) in [7, 11) is -4.94. The summed E-state index contributed by atoms with van der Waals surface area (Å²) in [6.07, 6.45) is 0. The van der Waals surface area contributed by atoms with E-state index in [1.165, 1.54) is 48.7 Å². The molecule has 0 aromatic heterocycles. The topological polar surface area (TPSA) is 111 Å². The van der Waals surface area contributed by atoms with E-state index in [0.29, 0.717) is 5.02 Å². The average molecular weight is 519 g/mol. The van der Waals surface area contributed by atoms with Gasteiger partial charge in [-0.15, -0.1) is 0 Å². The van der Waals surface area contributed by atoms with Crippen molar-refractivity contribution in [1.29, 1.82) is 5.26 Å². The van der Waals surface area contributed by atoms with E-state index < -0.39 is 20.2 Å². The quantitative estimate of drug-likeness (QED) is 0.581. The van der Waals surface area contributed by atoms with Gasteiger partial charge in [-0.25, -0.2) is 8.42 Å². The molecular formula is C19H20Cl2N4O5S2. The Bertz CT molecular complexity index is 1270. The van der Waals surface area contributed by atoms with Gasteiger partial charge >= 0.3 is 0 Å². The summed E-state index contributed by atoms with van der Waals surface area (Å²) in [5.41, 5.74) is 0.127. The third-order valence-corrected chi connectivity index (χ3v) is 9.20. The Morgan fingerprint density at radius 2 is 1.56 bits per heavy atom. The molecule has 0 unspecified atom stereocenters. The molecule has 0 aliphatic carbocycles. The SMILES string of the molecule is CN(C)S(=O)(=O)N1CCN(S(=O)(=O)c2cc(C#N)ccc2Oc2cc(Cl)ccc2Cl)CC1. The van der Waals surface area contributed by atoms with Crippen LogP contribution in [0.1, 0.15) is 5.56 Å². The molecule has 0 spiro atoms. The second-order valence-corrected chi connectivity index (χ2v) is 11.9. The van der Waals surface area contributed by atoms with E-state index in [9.17, 15) is 22.1 Å². The Morgan fingerprint density at radius 3 is 2.16 bits per heavy atom. The molecule has 0 N–H and O–H groups in total. The molecule has 0 atom stereocenters. The Morgan fingerprint density at radius 1 is 0.938 bits per heavy atom. The van der Waals surface area contributed by atoms with Gasteiger partial charge in [0.1, 0.15) is 16.4 Å². The number of hydrogen-bond donors (Lipinski definition) is 0. The summed E-state index contributed by atoms with van der Waals surface area (Å²) in [4.78, 5) is -0.225. The lowest BCUT2D eigenvalue weighted by atomic mass is 10.2. The van der Waals surface area contributed by atoms with Gasteiger partial charge in [-0.05, 0) is 30.3 Å². The molecule has 1 aliphatic rings. The van der Waals surface area contributed by atoms with Gasteiger partial charge in [-0.1, -0.05) is 23.2 Å². The smallest absolute Gasteiger partial charge is 0.281 e. The van der Waals surface area contributed by atoms with Crippen LogP contribution in [0.2, 0.25) is 10.0 Å². The van der Waals surface area contributed by atoms with Crippen LogP contribution >= 0.6 is 23.2 Å². The number of hydrogen-bond acceptors (Lipinski definition) is 6. The molecule has 9 nitrogen and oxygen atoms in total. The van der Waals surface area contributed by atoms with E-state index in [1.807, 2.05) is 6.07 Å². The zero-order chi connectivity index (χ0) is 23.7. The molecule has 0 radical (unpaired) electrons. The molecular weight excluding hydrogens is 499 g/mol. The Hall–Kier alpha value is -1.91. The van der Waals surface area contributed by atoms with Crippen molar-refractivity contribution in [3.8, 4) is 17.6 Å². The Kier molecular flexibility index (Phi) is 7.36. The normalized spacial score (nSPS) is 16.1. The lowest BCUT2D eigenvalue weighted by Crippen LogP contribution is -2.52. The maximum Gasteiger partial charge on any atom is 0.281 e. The number of nitriles is 1. The van der Waals surface area contributed by atoms with Crippen molar-refractivity contribution in [3.63, 3.8) is 0 Å². The number of benzene rings is 2. The molecule has 0 bridgehead atoms. The van der Waals surface area contributed by atoms with Crippen molar-refractivity contribution in [3.05, 3.63) is 52.0 Å². The van der Waals surface area contributed by atoms with Crippen LogP contribution in [0, 0.1) is 11.3 Å². The fourth-order valence-electron chi connectivity index (χ4n) is 3.05. The van der Waals surface area contributed by atoms with E-state index in [4.69, 9.17) is 27.9 Å². The van der Waals surface area contributed by atoms with Crippen LogP contribution in [0.4, 0.5) is 0 Å². The predicted molar refractivity (Wildman–Crippen MR) is 121 cm³/mol. The largest absolute Gasteiger partial charge is 0.454 e. The Balaban J connectivity index is 1.94. The molecule has 0 amide bonds. The minimum atomic E-state index is -4.11. The van der Waals surface area contributed by atoms with Crippen molar-refractivity contribution in [2.75, 3.05) is 40.3 Å². The highest BCUT2D eigenvalue weighted by Crippen LogP contribution is 2.36. The van der Waals surface area contributed by atoms with Gasteiger partial charge in [-0.3, -0.25) is 0 Å². The fourth-order valence-corrected chi connectivity index (χ4v) is 6.02. The zero-order valence-corrected chi connectivity index (χ0v) is 20.3. The first-order chi connectivity index (χ1) is 15.0.